The van der Waals surface area contributed by atoms with Crippen LogP contribution in [-0.2, 0) is 0 Å². The van der Waals surface area contributed by atoms with E-state index in [4.69, 9.17) is 5.73 Å². The first-order chi connectivity index (χ1) is 6.43. The molecule has 2 N–H and O–H groups in total. The average molecular weight is 194 g/mol. The van der Waals surface area contributed by atoms with Gasteiger partial charge in [-0.2, -0.15) is 0 Å². The molecule has 4 nitrogen and oxygen atoms in total. The molecule has 0 atom stereocenters. The highest BCUT2D eigenvalue weighted by Crippen LogP contribution is 2.29. The number of aryl methyl sites for hydroxylation is 1. The van der Waals surface area contributed by atoms with Gasteiger partial charge in [-0.25, -0.2) is 0 Å². The van der Waals surface area contributed by atoms with Crippen LogP contribution < -0.4 is 5.73 Å². The van der Waals surface area contributed by atoms with Gasteiger partial charge in [-0.15, -0.1) is 0 Å². The predicted octanol–water partition coefficient (Wildman–Crippen LogP) is 2.61. The molecule has 0 heterocycles. The number of rotatable bonds is 2. The summed E-state index contributed by atoms with van der Waals surface area (Å²) in [6.07, 6.45) is 0. The van der Waals surface area contributed by atoms with E-state index in [0.717, 1.165) is 11.1 Å². The first-order valence-electron chi connectivity index (χ1n) is 4.48. The minimum Gasteiger partial charge on any atom is -0.393 e. The average Bonchev–Trinajstić information content (AvgIpc) is 2.07. The third-order valence-corrected chi connectivity index (χ3v) is 2.23. The summed E-state index contributed by atoms with van der Waals surface area (Å²) in [6, 6.07) is 3.22. The second kappa shape index (κ2) is 3.65. The van der Waals surface area contributed by atoms with Crippen molar-refractivity contribution in [1.82, 2.24) is 0 Å². The van der Waals surface area contributed by atoms with Crippen molar-refractivity contribution in [2.75, 3.05) is 5.73 Å². The van der Waals surface area contributed by atoms with Crippen LogP contribution in [0.25, 0.3) is 0 Å². The zero-order valence-electron chi connectivity index (χ0n) is 8.57. The van der Waals surface area contributed by atoms with Crippen molar-refractivity contribution in [3.63, 3.8) is 0 Å². The van der Waals surface area contributed by atoms with Crippen LogP contribution in [0.1, 0.15) is 30.9 Å². The van der Waals surface area contributed by atoms with Gasteiger partial charge in [-0.3, -0.25) is 10.1 Å². The number of hydrogen-bond donors (Lipinski definition) is 1. The van der Waals surface area contributed by atoms with E-state index in [2.05, 4.69) is 0 Å². The lowest BCUT2D eigenvalue weighted by molar-refractivity contribution is -0.383. The predicted molar refractivity (Wildman–Crippen MR) is 56.3 cm³/mol. The van der Waals surface area contributed by atoms with Crippen LogP contribution in [0.4, 0.5) is 11.4 Å². The van der Waals surface area contributed by atoms with Crippen LogP contribution in [0, 0.1) is 17.0 Å². The van der Waals surface area contributed by atoms with Crippen molar-refractivity contribution >= 4 is 11.4 Å². The van der Waals surface area contributed by atoms with Crippen molar-refractivity contribution < 1.29 is 4.92 Å². The smallest absolute Gasteiger partial charge is 0.292 e. The maximum atomic E-state index is 10.6. The largest absolute Gasteiger partial charge is 0.393 e. The van der Waals surface area contributed by atoms with Gasteiger partial charge in [0.25, 0.3) is 5.69 Å². The maximum Gasteiger partial charge on any atom is 0.292 e. The molecule has 0 amide bonds. The van der Waals surface area contributed by atoms with Crippen molar-refractivity contribution in [3.05, 3.63) is 33.4 Å². The van der Waals surface area contributed by atoms with Crippen LogP contribution in [0.5, 0.6) is 0 Å². The highest BCUT2D eigenvalue weighted by atomic mass is 16.6. The lowest BCUT2D eigenvalue weighted by Gasteiger charge is -2.10. The fourth-order valence-corrected chi connectivity index (χ4v) is 1.51. The number of hydrogen-bond acceptors (Lipinski definition) is 3. The molecular weight excluding hydrogens is 180 g/mol. The Bertz CT molecular complexity index is 373. The van der Waals surface area contributed by atoms with Gasteiger partial charge in [0.05, 0.1) is 4.92 Å². The summed E-state index contributed by atoms with van der Waals surface area (Å²) in [4.78, 5) is 10.1. The number of nitrogens with two attached hydrogens (primary N) is 1. The molecule has 0 radical (unpaired) electrons. The molecule has 0 fully saturated rings. The Balaban J connectivity index is 3.31. The number of nitrogens with zero attached hydrogens (tertiary/aromatic N) is 1. The molecule has 14 heavy (non-hydrogen) atoms. The fraction of sp³-hybridized carbons (Fsp3) is 0.400. The molecule has 76 valence electrons. The summed E-state index contributed by atoms with van der Waals surface area (Å²) in [5, 5.41) is 10.6. The molecule has 0 bridgehead atoms. The van der Waals surface area contributed by atoms with E-state index in [1.807, 2.05) is 20.8 Å². The van der Waals surface area contributed by atoms with Gasteiger partial charge in [-0.1, -0.05) is 13.8 Å². The monoisotopic (exact) mass is 194 g/mol. The molecular formula is C10H14N2O2. The zero-order chi connectivity index (χ0) is 10.9. The van der Waals surface area contributed by atoms with Crippen LogP contribution in [0.15, 0.2) is 12.1 Å². The summed E-state index contributed by atoms with van der Waals surface area (Å²) in [7, 11) is 0. The van der Waals surface area contributed by atoms with E-state index in [0.29, 0.717) is 5.92 Å². The molecule has 1 aromatic rings. The topological polar surface area (TPSA) is 69.2 Å². The standard InChI is InChI=1S/C10H14N2O2/c1-6(2)8-5-9(11)10(12(13)14)4-7(8)3/h4-6H,11H2,1-3H3. The van der Waals surface area contributed by atoms with Gasteiger partial charge in [0.15, 0.2) is 0 Å². The van der Waals surface area contributed by atoms with Crippen molar-refractivity contribution in [2.45, 2.75) is 26.7 Å². The number of nitrogen functional groups attached to an aromatic ring is 1. The first-order valence-corrected chi connectivity index (χ1v) is 4.48. The van der Waals surface area contributed by atoms with Crippen LogP contribution in [0.3, 0.4) is 0 Å². The van der Waals surface area contributed by atoms with Crippen LogP contribution >= 0.6 is 0 Å². The van der Waals surface area contributed by atoms with Gasteiger partial charge in [0.2, 0.25) is 0 Å². The maximum absolute atomic E-state index is 10.6. The lowest BCUT2D eigenvalue weighted by atomic mass is 9.97. The summed E-state index contributed by atoms with van der Waals surface area (Å²) in [5.74, 6) is 0.332. The molecule has 1 aromatic carbocycles. The molecule has 0 spiro atoms. The molecule has 4 heteroatoms. The van der Waals surface area contributed by atoms with E-state index in [1.165, 1.54) is 6.07 Å². The molecule has 0 aliphatic carbocycles. The summed E-state index contributed by atoms with van der Waals surface area (Å²) >= 11 is 0. The molecule has 0 unspecified atom stereocenters. The van der Waals surface area contributed by atoms with Crippen molar-refractivity contribution in [1.29, 1.82) is 0 Å². The number of nitro groups is 1. The molecule has 0 aliphatic heterocycles. The summed E-state index contributed by atoms with van der Waals surface area (Å²) in [5.41, 5.74) is 7.80. The number of benzene rings is 1. The van der Waals surface area contributed by atoms with Crippen LogP contribution in [0.2, 0.25) is 0 Å². The molecule has 0 aliphatic rings. The minimum absolute atomic E-state index is 0.00750. The fourth-order valence-electron chi connectivity index (χ4n) is 1.51. The third-order valence-electron chi connectivity index (χ3n) is 2.23. The molecule has 1 rings (SSSR count). The molecule has 0 saturated carbocycles. The SMILES string of the molecule is Cc1cc([N+](=O)[O-])c(N)cc1C(C)C. The van der Waals surface area contributed by atoms with E-state index < -0.39 is 4.92 Å². The Labute approximate surface area is 82.9 Å². The van der Waals surface area contributed by atoms with E-state index in [-0.39, 0.29) is 11.4 Å². The highest BCUT2D eigenvalue weighted by Gasteiger charge is 2.15. The van der Waals surface area contributed by atoms with Gasteiger partial charge in [0.1, 0.15) is 5.69 Å². The van der Waals surface area contributed by atoms with Gasteiger partial charge in [0, 0.05) is 6.07 Å². The summed E-state index contributed by atoms with van der Waals surface area (Å²) < 4.78 is 0. The van der Waals surface area contributed by atoms with E-state index >= 15 is 0 Å². The summed E-state index contributed by atoms with van der Waals surface area (Å²) in [6.45, 7) is 5.93. The minimum atomic E-state index is -0.452. The Morgan fingerprint density at radius 3 is 2.43 bits per heavy atom. The first kappa shape index (κ1) is 10.5. The van der Waals surface area contributed by atoms with Gasteiger partial charge < -0.3 is 5.73 Å². The Morgan fingerprint density at radius 2 is 2.00 bits per heavy atom. The third kappa shape index (κ3) is 1.84. The number of anilines is 1. The van der Waals surface area contributed by atoms with Crippen LogP contribution in [-0.4, -0.2) is 4.92 Å². The van der Waals surface area contributed by atoms with Gasteiger partial charge >= 0.3 is 0 Å². The van der Waals surface area contributed by atoms with Gasteiger partial charge in [-0.05, 0) is 30.0 Å². The molecule has 0 aromatic heterocycles. The normalized spacial score (nSPS) is 10.6. The second-order valence-corrected chi connectivity index (χ2v) is 3.68. The van der Waals surface area contributed by atoms with E-state index in [1.54, 1.807) is 6.07 Å². The zero-order valence-corrected chi connectivity index (χ0v) is 8.57. The lowest BCUT2D eigenvalue weighted by Crippen LogP contribution is -2.00. The van der Waals surface area contributed by atoms with E-state index in [9.17, 15) is 10.1 Å². The highest BCUT2D eigenvalue weighted by molar-refractivity contribution is 5.61. The quantitative estimate of drug-likeness (QED) is 0.447. The Kier molecular flexibility index (Phi) is 2.74. The second-order valence-electron chi connectivity index (χ2n) is 3.68. The Hall–Kier alpha value is -1.58. The van der Waals surface area contributed by atoms with Crippen molar-refractivity contribution in [2.24, 2.45) is 0 Å². The number of nitro benzene ring substituents is 1. The van der Waals surface area contributed by atoms with Crippen molar-refractivity contribution in [3.8, 4) is 0 Å². The Morgan fingerprint density at radius 1 is 1.43 bits per heavy atom. The molecule has 0 saturated heterocycles.